The topological polar surface area (TPSA) is 58.2 Å². The number of hydrogen-bond acceptors (Lipinski definition) is 3. The van der Waals surface area contributed by atoms with Gasteiger partial charge in [0.05, 0.1) is 13.2 Å². The van der Waals surface area contributed by atoms with Crippen LogP contribution >= 0.6 is 0 Å². The maximum Gasteiger partial charge on any atom is 0.275 e. The van der Waals surface area contributed by atoms with Gasteiger partial charge in [0.2, 0.25) is 0 Å². The lowest BCUT2D eigenvalue weighted by molar-refractivity contribution is 0.0496. The minimum Gasteiger partial charge on any atom is -0.376 e. The zero-order valence-electron chi connectivity index (χ0n) is 11.6. The molecule has 3 heterocycles. The molecule has 1 fully saturated rings. The van der Waals surface area contributed by atoms with E-state index in [0.717, 1.165) is 30.5 Å². The largest absolute Gasteiger partial charge is 0.376 e. The number of nitrogens with zero attached hydrogens (tertiary/aromatic N) is 2. The van der Waals surface area contributed by atoms with Crippen molar-refractivity contribution in [3.8, 4) is 0 Å². The molecule has 1 amide bonds. The number of piperidine rings is 1. The first-order valence-corrected chi connectivity index (χ1v) is 7.15. The lowest BCUT2D eigenvalue weighted by atomic mass is 9.96. The Morgan fingerprint density at radius 3 is 2.84 bits per heavy atom. The highest BCUT2D eigenvalue weighted by molar-refractivity contribution is 5.94. The minimum absolute atomic E-state index is 0.0581. The first-order chi connectivity index (χ1) is 9.18. The van der Waals surface area contributed by atoms with Gasteiger partial charge in [0.25, 0.3) is 5.91 Å². The maximum atomic E-state index is 12.7. The molecular weight excluding hydrogens is 242 g/mol. The van der Waals surface area contributed by atoms with Crippen molar-refractivity contribution in [3.05, 3.63) is 17.0 Å². The highest BCUT2D eigenvalue weighted by Crippen LogP contribution is 2.26. The van der Waals surface area contributed by atoms with Crippen LogP contribution in [0.2, 0.25) is 0 Å². The molecule has 2 aliphatic rings. The van der Waals surface area contributed by atoms with Crippen LogP contribution in [0.25, 0.3) is 0 Å². The SMILES string of the molecule is CC1CCCC(C)N1C(=O)c1n[nH]c2c1COCC2. The van der Waals surface area contributed by atoms with Crippen LogP contribution in [0.3, 0.4) is 0 Å². The van der Waals surface area contributed by atoms with Gasteiger partial charge in [-0.3, -0.25) is 9.89 Å². The summed E-state index contributed by atoms with van der Waals surface area (Å²) in [6.45, 7) is 5.47. The monoisotopic (exact) mass is 263 g/mol. The molecule has 1 N–H and O–H groups in total. The Morgan fingerprint density at radius 2 is 2.11 bits per heavy atom. The fourth-order valence-corrected chi connectivity index (χ4v) is 3.23. The third-order valence-corrected chi connectivity index (χ3v) is 4.33. The van der Waals surface area contributed by atoms with Crippen LogP contribution in [0.4, 0.5) is 0 Å². The first-order valence-electron chi connectivity index (χ1n) is 7.15. The molecule has 0 radical (unpaired) electrons. The zero-order chi connectivity index (χ0) is 13.4. The van der Waals surface area contributed by atoms with Gasteiger partial charge in [0.1, 0.15) is 0 Å². The summed E-state index contributed by atoms with van der Waals surface area (Å²) in [5, 5.41) is 7.24. The van der Waals surface area contributed by atoms with Crippen molar-refractivity contribution in [2.75, 3.05) is 6.61 Å². The second kappa shape index (κ2) is 4.96. The molecule has 3 rings (SSSR count). The number of fused-ring (bicyclic) bond motifs is 1. The van der Waals surface area contributed by atoms with Gasteiger partial charge in [-0.1, -0.05) is 0 Å². The van der Waals surface area contributed by atoms with Crippen molar-refractivity contribution in [2.45, 2.75) is 58.2 Å². The molecule has 0 spiro atoms. The highest BCUT2D eigenvalue weighted by Gasteiger charge is 2.33. The summed E-state index contributed by atoms with van der Waals surface area (Å²) < 4.78 is 5.46. The molecule has 1 saturated heterocycles. The molecule has 1 aromatic rings. The number of aromatic amines is 1. The molecule has 19 heavy (non-hydrogen) atoms. The second-order valence-corrected chi connectivity index (χ2v) is 5.67. The van der Waals surface area contributed by atoms with Crippen LogP contribution in [0, 0.1) is 0 Å². The van der Waals surface area contributed by atoms with E-state index in [-0.39, 0.29) is 5.91 Å². The minimum atomic E-state index is 0.0581. The van der Waals surface area contributed by atoms with Crippen LogP contribution in [-0.4, -0.2) is 39.7 Å². The Bertz CT molecular complexity index is 473. The summed E-state index contributed by atoms with van der Waals surface area (Å²) in [6.07, 6.45) is 4.19. The fourth-order valence-electron chi connectivity index (χ4n) is 3.23. The predicted molar refractivity (Wildman–Crippen MR) is 70.9 cm³/mol. The van der Waals surface area contributed by atoms with E-state index in [4.69, 9.17) is 4.74 Å². The third-order valence-electron chi connectivity index (χ3n) is 4.33. The average molecular weight is 263 g/mol. The van der Waals surface area contributed by atoms with Crippen LogP contribution in [0.5, 0.6) is 0 Å². The van der Waals surface area contributed by atoms with E-state index in [0.29, 0.717) is 31.0 Å². The molecular formula is C14H21N3O2. The summed E-state index contributed by atoms with van der Waals surface area (Å²) in [4.78, 5) is 14.7. The molecule has 0 bridgehead atoms. The van der Waals surface area contributed by atoms with E-state index in [9.17, 15) is 4.79 Å². The number of carbonyl (C=O) groups excluding carboxylic acids is 1. The number of carbonyl (C=O) groups is 1. The summed E-state index contributed by atoms with van der Waals surface area (Å²) in [5.41, 5.74) is 2.59. The van der Waals surface area contributed by atoms with Crippen LogP contribution in [0.1, 0.15) is 54.9 Å². The van der Waals surface area contributed by atoms with Crippen molar-refractivity contribution >= 4 is 5.91 Å². The van der Waals surface area contributed by atoms with Crippen LogP contribution in [-0.2, 0) is 17.8 Å². The number of ether oxygens (including phenoxy) is 1. The van der Waals surface area contributed by atoms with E-state index >= 15 is 0 Å². The molecule has 1 aromatic heterocycles. The number of hydrogen-bond donors (Lipinski definition) is 1. The van der Waals surface area contributed by atoms with E-state index in [2.05, 4.69) is 24.0 Å². The smallest absolute Gasteiger partial charge is 0.275 e. The number of likely N-dealkylation sites (tertiary alicyclic amines) is 1. The van der Waals surface area contributed by atoms with Crippen molar-refractivity contribution in [1.29, 1.82) is 0 Å². The fraction of sp³-hybridized carbons (Fsp3) is 0.714. The molecule has 2 unspecified atom stereocenters. The van der Waals surface area contributed by atoms with Crippen LogP contribution in [0.15, 0.2) is 0 Å². The lowest BCUT2D eigenvalue weighted by Gasteiger charge is -2.38. The van der Waals surface area contributed by atoms with Gasteiger partial charge in [0, 0.05) is 29.8 Å². The molecule has 0 aromatic carbocycles. The Kier molecular flexibility index (Phi) is 3.31. The number of aromatic nitrogens is 2. The Balaban J connectivity index is 1.89. The van der Waals surface area contributed by atoms with Crippen molar-refractivity contribution in [3.63, 3.8) is 0 Å². The number of amides is 1. The zero-order valence-corrected chi connectivity index (χ0v) is 11.6. The highest BCUT2D eigenvalue weighted by atomic mass is 16.5. The maximum absolute atomic E-state index is 12.7. The number of H-pyrrole nitrogens is 1. The van der Waals surface area contributed by atoms with Gasteiger partial charge in [0.15, 0.2) is 5.69 Å². The molecule has 0 aliphatic carbocycles. The van der Waals surface area contributed by atoms with E-state index in [1.54, 1.807) is 0 Å². The Hall–Kier alpha value is -1.36. The molecule has 104 valence electrons. The van der Waals surface area contributed by atoms with E-state index in [1.807, 2.05) is 4.90 Å². The number of nitrogens with one attached hydrogen (secondary N) is 1. The molecule has 5 nitrogen and oxygen atoms in total. The number of rotatable bonds is 1. The summed E-state index contributed by atoms with van der Waals surface area (Å²) in [7, 11) is 0. The first kappa shape index (κ1) is 12.7. The van der Waals surface area contributed by atoms with Crippen molar-refractivity contribution in [2.24, 2.45) is 0 Å². The summed E-state index contributed by atoms with van der Waals surface area (Å²) in [5.74, 6) is 0.0581. The summed E-state index contributed by atoms with van der Waals surface area (Å²) in [6, 6.07) is 0.598. The van der Waals surface area contributed by atoms with Gasteiger partial charge in [-0.2, -0.15) is 5.10 Å². The molecule has 0 saturated carbocycles. The normalized spacial score (nSPS) is 27.2. The van der Waals surface area contributed by atoms with Gasteiger partial charge in [-0.05, 0) is 33.1 Å². The van der Waals surface area contributed by atoms with Crippen molar-refractivity contribution < 1.29 is 9.53 Å². The standard InChI is InChI=1S/C14H21N3O2/c1-9-4-3-5-10(2)17(9)14(18)13-11-8-19-7-6-12(11)15-16-13/h9-10H,3-8H2,1-2H3,(H,15,16). The van der Waals surface area contributed by atoms with E-state index < -0.39 is 0 Å². The van der Waals surface area contributed by atoms with Gasteiger partial charge in [-0.15, -0.1) is 0 Å². The van der Waals surface area contributed by atoms with Crippen molar-refractivity contribution in [1.82, 2.24) is 15.1 Å². The van der Waals surface area contributed by atoms with E-state index in [1.165, 1.54) is 6.42 Å². The molecule has 5 heteroatoms. The Labute approximate surface area is 113 Å². The molecule has 2 aliphatic heterocycles. The van der Waals surface area contributed by atoms with Gasteiger partial charge < -0.3 is 9.64 Å². The lowest BCUT2D eigenvalue weighted by Crippen LogP contribution is -2.47. The Morgan fingerprint density at radius 1 is 1.37 bits per heavy atom. The summed E-state index contributed by atoms with van der Waals surface area (Å²) >= 11 is 0. The third kappa shape index (κ3) is 2.16. The van der Waals surface area contributed by atoms with Gasteiger partial charge >= 0.3 is 0 Å². The quantitative estimate of drug-likeness (QED) is 0.841. The predicted octanol–water partition coefficient (Wildman–Crippen LogP) is 1.89. The molecule has 2 atom stereocenters. The van der Waals surface area contributed by atoms with Crippen LogP contribution < -0.4 is 0 Å². The average Bonchev–Trinajstić information content (AvgIpc) is 2.82. The van der Waals surface area contributed by atoms with Gasteiger partial charge in [-0.25, -0.2) is 0 Å². The second-order valence-electron chi connectivity index (χ2n) is 5.67.